The SMILES string of the molecule is COc1ccccc1COC1CCCN(c2ccc(OCCCOCc3ccccc3)cc2)C1.Cl. The second-order valence-corrected chi connectivity index (χ2v) is 8.57. The number of para-hydroxylation sites is 1. The maximum atomic E-state index is 6.24. The summed E-state index contributed by atoms with van der Waals surface area (Å²) >= 11 is 0. The summed E-state index contributed by atoms with van der Waals surface area (Å²) in [6, 6.07) is 26.7. The second-order valence-electron chi connectivity index (χ2n) is 8.57. The van der Waals surface area contributed by atoms with E-state index in [2.05, 4.69) is 47.4 Å². The number of hydrogen-bond donors (Lipinski definition) is 0. The number of rotatable bonds is 12. The summed E-state index contributed by atoms with van der Waals surface area (Å²) in [5.74, 6) is 1.78. The Labute approximate surface area is 215 Å². The Morgan fingerprint density at radius 1 is 0.857 bits per heavy atom. The van der Waals surface area contributed by atoms with Gasteiger partial charge in [-0.2, -0.15) is 0 Å². The number of halogens is 1. The molecule has 3 aromatic rings. The molecule has 188 valence electrons. The Balaban J connectivity index is 0.00000342. The van der Waals surface area contributed by atoms with E-state index in [0.29, 0.717) is 26.4 Å². The van der Waals surface area contributed by atoms with Crippen LogP contribution in [0.1, 0.15) is 30.4 Å². The summed E-state index contributed by atoms with van der Waals surface area (Å²) in [6.07, 6.45) is 3.29. The first-order chi connectivity index (χ1) is 16.8. The monoisotopic (exact) mass is 497 g/mol. The van der Waals surface area contributed by atoms with Gasteiger partial charge in [0.2, 0.25) is 0 Å². The van der Waals surface area contributed by atoms with Crippen LogP contribution in [0.25, 0.3) is 0 Å². The zero-order valence-electron chi connectivity index (χ0n) is 20.4. The van der Waals surface area contributed by atoms with Crippen molar-refractivity contribution in [2.24, 2.45) is 0 Å². The average Bonchev–Trinajstić information content (AvgIpc) is 2.91. The Morgan fingerprint density at radius 2 is 1.63 bits per heavy atom. The fraction of sp³-hybridized carbons (Fsp3) is 0.379. The highest BCUT2D eigenvalue weighted by atomic mass is 35.5. The molecule has 4 rings (SSSR count). The molecule has 1 saturated heterocycles. The molecule has 1 aliphatic rings. The molecule has 1 heterocycles. The molecule has 1 unspecified atom stereocenters. The molecule has 0 spiro atoms. The van der Waals surface area contributed by atoms with Crippen molar-refractivity contribution in [3.05, 3.63) is 90.0 Å². The summed E-state index contributed by atoms with van der Waals surface area (Å²) in [4.78, 5) is 2.40. The van der Waals surface area contributed by atoms with Crippen molar-refractivity contribution in [2.75, 3.05) is 38.3 Å². The van der Waals surface area contributed by atoms with Crippen LogP contribution in [0.15, 0.2) is 78.9 Å². The first-order valence-corrected chi connectivity index (χ1v) is 12.1. The zero-order valence-corrected chi connectivity index (χ0v) is 21.3. The summed E-state index contributed by atoms with van der Waals surface area (Å²) in [5, 5.41) is 0. The van der Waals surface area contributed by atoms with Crippen LogP contribution in [0.4, 0.5) is 5.69 Å². The predicted octanol–water partition coefficient (Wildman–Crippen LogP) is 6.29. The standard InChI is InChI=1S/C29H35NO4.ClH/c1-31-29-13-6-5-11-25(29)23-34-28-12-7-18-30(21-28)26-14-16-27(17-15-26)33-20-8-19-32-22-24-9-3-2-4-10-24;/h2-6,9-11,13-17,28H,7-8,12,18-23H2,1H3;1H. The van der Waals surface area contributed by atoms with Crippen LogP contribution in [-0.4, -0.2) is 39.5 Å². The van der Waals surface area contributed by atoms with Gasteiger partial charge in [0.1, 0.15) is 11.5 Å². The zero-order chi connectivity index (χ0) is 23.4. The van der Waals surface area contributed by atoms with E-state index in [4.69, 9.17) is 18.9 Å². The van der Waals surface area contributed by atoms with Crippen LogP contribution in [0.2, 0.25) is 0 Å². The van der Waals surface area contributed by atoms with Gasteiger partial charge in [-0.3, -0.25) is 0 Å². The lowest BCUT2D eigenvalue weighted by Gasteiger charge is -2.34. The third-order valence-electron chi connectivity index (χ3n) is 6.06. The number of hydrogen-bond acceptors (Lipinski definition) is 5. The molecule has 3 aromatic carbocycles. The quantitative estimate of drug-likeness (QED) is 0.275. The molecule has 1 atom stereocenters. The smallest absolute Gasteiger partial charge is 0.124 e. The van der Waals surface area contributed by atoms with E-state index in [0.717, 1.165) is 49.4 Å². The average molecular weight is 498 g/mol. The molecule has 0 radical (unpaired) electrons. The van der Waals surface area contributed by atoms with Crippen molar-refractivity contribution < 1.29 is 18.9 Å². The number of methoxy groups -OCH3 is 1. The summed E-state index contributed by atoms with van der Waals surface area (Å²) in [5.41, 5.74) is 3.50. The van der Waals surface area contributed by atoms with Gasteiger partial charge in [-0.25, -0.2) is 0 Å². The molecule has 0 aliphatic carbocycles. The van der Waals surface area contributed by atoms with Gasteiger partial charge in [0.05, 0.1) is 39.6 Å². The molecule has 5 nitrogen and oxygen atoms in total. The number of benzene rings is 3. The van der Waals surface area contributed by atoms with Gasteiger partial charge in [0.15, 0.2) is 0 Å². The van der Waals surface area contributed by atoms with Crippen molar-refractivity contribution in [1.29, 1.82) is 0 Å². The van der Waals surface area contributed by atoms with E-state index in [-0.39, 0.29) is 18.5 Å². The van der Waals surface area contributed by atoms with Crippen molar-refractivity contribution in [3.8, 4) is 11.5 Å². The van der Waals surface area contributed by atoms with Gasteiger partial charge in [0, 0.05) is 30.8 Å². The first kappa shape index (κ1) is 26.9. The summed E-state index contributed by atoms with van der Waals surface area (Å²) in [6.45, 7) is 4.51. The van der Waals surface area contributed by atoms with E-state index < -0.39 is 0 Å². The second kappa shape index (κ2) is 14.6. The molecular weight excluding hydrogens is 462 g/mol. The first-order valence-electron chi connectivity index (χ1n) is 12.1. The molecule has 6 heteroatoms. The molecule has 35 heavy (non-hydrogen) atoms. The van der Waals surface area contributed by atoms with Gasteiger partial charge in [-0.1, -0.05) is 48.5 Å². The van der Waals surface area contributed by atoms with Crippen molar-refractivity contribution in [2.45, 2.75) is 38.6 Å². The normalized spacial score (nSPS) is 15.3. The molecule has 0 saturated carbocycles. The summed E-state index contributed by atoms with van der Waals surface area (Å²) in [7, 11) is 1.70. The largest absolute Gasteiger partial charge is 0.496 e. The maximum Gasteiger partial charge on any atom is 0.124 e. The van der Waals surface area contributed by atoms with Gasteiger partial charge < -0.3 is 23.8 Å². The lowest BCUT2D eigenvalue weighted by Crippen LogP contribution is -2.39. The maximum absolute atomic E-state index is 6.24. The van der Waals surface area contributed by atoms with Crippen molar-refractivity contribution in [3.63, 3.8) is 0 Å². The Kier molecular flexibility index (Phi) is 11.2. The van der Waals surface area contributed by atoms with E-state index in [9.17, 15) is 0 Å². The topological polar surface area (TPSA) is 40.2 Å². The lowest BCUT2D eigenvalue weighted by molar-refractivity contribution is 0.0306. The number of anilines is 1. The number of nitrogens with zero attached hydrogens (tertiary/aromatic N) is 1. The van der Waals surface area contributed by atoms with Crippen LogP contribution in [0.3, 0.4) is 0 Å². The third kappa shape index (κ3) is 8.46. The molecule has 0 N–H and O–H groups in total. The number of ether oxygens (including phenoxy) is 4. The fourth-order valence-electron chi connectivity index (χ4n) is 4.21. The van der Waals surface area contributed by atoms with Gasteiger partial charge in [-0.05, 0) is 48.7 Å². The van der Waals surface area contributed by atoms with Gasteiger partial charge >= 0.3 is 0 Å². The van der Waals surface area contributed by atoms with E-state index in [1.54, 1.807) is 7.11 Å². The Hall–Kier alpha value is -2.73. The summed E-state index contributed by atoms with van der Waals surface area (Å²) < 4.78 is 23.3. The molecule has 1 aliphatic heterocycles. The van der Waals surface area contributed by atoms with Crippen molar-refractivity contribution in [1.82, 2.24) is 0 Å². The molecule has 0 bridgehead atoms. The van der Waals surface area contributed by atoms with Crippen LogP contribution in [0, 0.1) is 0 Å². The highest BCUT2D eigenvalue weighted by Crippen LogP contribution is 2.25. The Morgan fingerprint density at radius 3 is 2.43 bits per heavy atom. The minimum absolute atomic E-state index is 0. The number of piperidine rings is 1. The van der Waals surface area contributed by atoms with E-state index >= 15 is 0 Å². The minimum Gasteiger partial charge on any atom is -0.496 e. The predicted molar refractivity (Wildman–Crippen MR) is 143 cm³/mol. The van der Waals surface area contributed by atoms with Crippen LogP contribution in [-0.2, 0) is 22.7 Å². The minimum atomic E-state index is 0. The van der Waals surface area contributed by atoms with E-state index in [1.165, 1.54) is 11.3 Å². The lowest BCUT2D eigenvalue weighted by atomic mass is 10.1. The van der Waals surface area contributed by atoms with Crippen LogP contribution < -0.4 is 14.4 Å². The highest BCUT2D eigenvalue weighted by Gasteiger charge is 2.21. The van der Waals surface area contributed by atoms with Crippen LogP contribution >= 0.6 is 12.4 Å². The molecule has 0 aromatic heterocycles. The van der Waals surface area contributed by atoms with Gasteiger partial charge in [-0.15, -0.1) is 12.4 Å². The molecular formula is C29H36ClNO4. The highest BCUT2D eigenvalue weighted by molar-refractivity contribution is 5.85. The fourth-order valence-corrected chi connectivity index (χ4v) is 4.21. The van der Waals surface area contributed by atoms with E-state index in [1.807, 2.05) is 36.4 Å². The third-order valence-corrected chi connectivity index (χ3v) is 6.06. The molecule has 0 amide bonds. The Bertz CT molecular complexity index is 983. The van der Waals surface area contributed by atoms with Crippen molar-refractivity contribution >= 4 is 18.1 Å². The van der Waals surface area contributed by atoms with Gasteiger partial charge in [0.25, 0.3) is 0 Å². The molecule has 1 fully saturated rings. The van der Waals surface area contributed by atoms with Crippen LogP contribution in [0.5, 0.6) is 11.5 Å².